The van der Waals surface area contributed by atoms with Crippen molar-refractivity contribution in [2.75, 3.05) is 25.2 Å². The first-order valence-corrected chi connectivity index (χ1v) is 7.98. The van der Waals surface area contributed by atoms with Gasteiger partial charge >= 0.3 is 0 Å². The molecule has 5 nitrogen and oxygen atoms in total. The van der Waals surface area contributed by atoms with Crippen LogP contribution >= 0.6 is 0 Å². The molecule has 2 unspecified atom stereocenters. The molecule has 1 aliphatic heterocycles. The van der Waals surface area contributed by atoms with Gasteiger partial charge in [0, 0.05) is 5.92 Å². The van der Waals surface area contributed by atoms with E-state index in [1.54, 1.807) is 19.2 Å². The van der Waals surface area contributed by atoms with Crippen molar-refractivity contribution in [3.8, 4) is 11.5 Å². The zero-order chi connectivity index (χ0) is 13.9. The predicted octanol–water partition coefficient (Wildman–Crippen LogP) is 0.870. The number of ether oxygens (including phenoxy) is 2. The average molecular weight is 286 g/mol. The Kier molecular flexibility index (Phi) is 4.31. The van der Waals surface area contributed by atoms with Gasteiger partial charge in [-0.1, -0.05) is 12.1 Å². The van der Waals surface area contributed by atoms with Gasteiger partial charge in [-0.3, -0.25) is 0 Å². The Morgan fingerprint density at radius 2 is 2.05 bits per heavy atom. The van der Waals surface area contributed by atoms with E-state index < -0.39 is 15.9 Å². The molecule has 106 valence electrons. The van der Waals surface area contributed by atoms with Gasteiger partial charge in [-0.2, -0.15) is 0 Å². The molecule has 1 heterocycles. The highest BCUT2D eigenvalue weighted by Crippen LogP contribution is 2.27. The molecule has 1 saturated heterocycles. The topological polar surface area (TPSA) is 72.8 Å². The summed E-state index contributed by atoms with van der Waals surface area (Å²) in [5, 5.41) is 9.98. The fraction of sp³-hybridized carbons (Fsp3) is 0.538. The molecule has 0 spiro atoms. The number of sulfone groups is 1. The zero-order valence-electron chi connectivity index (χ0n) is 10.8. The van der Waals surface area contributed by atoms with Crippen LogP contribution in [0.25, 0.3) is 0 Å². The van der Waals surface area contributed by atoms with Crippen molar-refractivity contribution < 1.29 is 23.0 Å². The third-order valence-electron chi connectivity index (χ3n) is 3.29. The van der Waals surface area contributed by atoms with Crippen LogP contribution in [-0.2, 0) is 9.84 Å². The van der Waals surface area contributed by atoms with Crippen LogP contribution in [0.15, 0.2) is 24.3 Å². The maximum absolute atomic E-state index is 11.3. The normalized spacial score (nSPS) is 22.9. The molecule has 2 rings (SSSR count). The van der Waals surface area contributed by atoms with Crippen molar-refractivity contribution in [3.63, 3.8) is 0 Å². The van der Waals surface area contributed by atoms with Crippen LogP contribution in [0.5, 0.6) is 11.5 Å². The van der Waals surface area contributed by atoms with Crippen LogP contribution in [0.3, 0.4) is 0 Å². The lowest BCUT2D eigenvalue weighted by Crippen LogP contribution is -2.28. The standard InChI is InChI=1S/C13H18O5S/c1-17-12-4-2-3-5-13(12)18-8-11(14)10-6-7-19(15,16)9-10/h2-5,10-11,14H,6-9H2,1H3. The van der Waals surface area contributed by atoms with E-state index in [1.165, 1.54) is 0 Å². The highest BCUT2D eigenvalue weighted by atomic mass is 32.2. The molecule has 19 heavy (non-hydrogen) atoms. The number of rotatable bonds is 5. The summed E-state index contributed by atoms with van der Waals surface area (Å²) in [5.41, 5.74) is 0. The van der Waals surface area contributed by atoms with E-state index in [1.807, 2.05) is 12.1 Å². The quantitative estimate of drug-likeness (QED) is 0.869. The third kappa shape index (κ3) is 3.61. The molecule has 6 heteroatoms. The van der Waals surface area contributed by atoms with Crippen molar-refractivity contribution in [2.24, 2.45) is 5.92 Å². The highest BCUT2D eigenvalue weighted by Gasteiger charge is 2.33. The number of hydrogen-bond acceptors (Lipinski definition) is 5. The van der Waals surface area contributed by atoms with Gasteiger partial charge in [-0.05, 0) is 18.6 Å². The number of aliphatic hydroxyl groups is 1. The molecule has 0 aliphatic carbocycles. The van der Waals surface area contributed by atoms with Gasteiger partial charge in [-0.25, -0.2) is 8.42 Å². The molecule has 0 radical (unpaired) electrons. The summed E-state index contributed by atoms with van der Waals surface area (Å²) in [6, 6.07) is 7.15. The molecule has 1 N–H and O–H groups in total. The number of aliphatic hydroxyl groups excluding tert-OH is 1. The highest BCUT2D eigenvalue weighted by molar-refractivity contribution is 7.91. The summed E-state index contributed by atoms with van der Waals surface area (Å²) < 4.78 is 33.3. The Morgan fingerprint density at radius 3 is 2.63 bits per heavy atom. The van der Waals surface area contributed by atoms with Crippen LogP contribution in [0, 0.1) is 5.92 Å². The van der Waals surface area contributed by atoms with Crippen molar-refractivity contribution >= 4 is 9.84 Å². The lowest BCUT2D eigenvalue weighted by Gasteiger charge is -2.18. The van der Waals surface area contributed by atoms with Gasteiger partial charge in [0.15, 0.2) is 21.3 Å². The summed E-state index contributed by atoms with van der Waals surface area (Å²) in [7, 11) is -1.43. The largest absolute Gasteiger partial charge is 0.493 e. The Balaban J connectivity index is 1.92. The molecular weight excluding hydrogens is 268 g/mol. The average Bonchev–Trinajstić information content (AvgIpc) is 2.76. The lowest BCUT2D eigenvalue weighted by molar-refractivity contribution is 0.0650. The van der Waals surface area contributed by atoms with E-state index in [0.29, 0.717) is 17.9 Å². The van der Waals surface area contributed by atoms with Crippen molar-refractivity contribution in [2.45, 2.75) is 12.5 Å². The summed E-state index contributed by atoms with van der Waals surface area (Å²) in [5.74, 6) is 1.10. The van der Waals surface area contributed by atoms with E-state index in [9.17, 15) is 13.5 Å². The van der Waals surface area contributed by atoms with Gasteiger partial charge in [0.2, 0.25) is 0 Å². The SMILES string of the molecule is COc1ccccc1OCC(O)C1CCS(=O)(=O)C1. The first-order valence-electron chi connectivity index (χ1n) is 6.16. The molecule has 0 bridgehead atoms. The van der Waals surface area contributed by atoms with E-state index in [-0.39, 0.29) is 24.0 Å². The Labute approximate surface area is 113 Å². The van der Waals surface area contributed by atoms with Gasteiger partial charge in [0.25, 0.3) is 0 Å². The molecular formula is C13H18O5S. The fourth-order valence-electron chi connectivity index (χ4n) is 2.18. The first kappa shape index (κ1) is 14.1. The van der Waals surface area contributed by atoms with Crippen molar-refractivity contribution in [1.82, 2.24) is 0 Å². The van der Waals surface area contributed by atoms with Gasteiger partial charge in [-0.15, -0.1) is 0 Å². The number of benzene rings is 1. The zero-order valence-corrected chi connectivity index (χ0v) is 11.6. The molecule has 1 aromatic carbocycles. The molecule has 1 fully saturated rings. The van der Waals surface area contributed by atoms with Gasteiger partial charge < -0.3 is 14.6 Å². The molecule has 0 saturated carbocycles. The Hall–Kier alpha value is -1.27. The first-order chi connectivity index (χ1) is 9.02. The summed E-state index contributed by atoms with van der Waals surface area (Å²) >= 11 is 0. The lowest BCUT2D eigenvalue weighted by atomic mass is 10.0. The fourth-order valence-corrected chi connectivity index (χ4v) is 4.05. The Bertz CT molecular complexity index is 526. The molecule has 1 aromatic rings. The minimum atomic E-state index is -2.98. The second-order valence-electron chi connectivity index (χ2n) is 4.69. The maximum Gasteiger partial charge on any atom is 0.161 e. The monoisotopic (exact) mass is 286 g/mol. The number of methoxy groups -OCH3 is 1. The van der Waals surface area contributed by atoms with Crippen LogP contribution in [0.1, 0.15) is 6.42 Å². The van der Waals surface area contributed by atoms with E-state index >= 15 is 0 Å². The minimum Gasteiger partial charge on any atom is -0.493 e. The third-order valence-corrected chi connectivity index (χ3v) is 5.08. The summed E-state index contributed by atoms with van der Waals surface area (Å²) in [4.78, 5) is 0. The molecule has 0 aromatic heterocycles. The van der Waals surface area contributed by atoms with Crippen LogP contribution < -0.4 is 9.47 Å². The molecule has 2 atom stereocenters. The van der Waals surface area contributed by atoms with Gasteiger partial charge in [0.05, 0.1) is 24.7 Å². The van der Waals surface area contributed by atoms with E-state index in [2.05, 4.69) is 0 Å². The van der Waals surface area contributed by atoms with Gasteiger partial charge in [0.1, 0.15) is 6.61 Å². The molecule has 1 aliphatic rings. The second kappa shape index (κ2) is 5.79. The minimum absolute atomic E-state index is 0.0451. The van der Waals surface area contributed by atoms with Crippen LogP contribution in [-0.4, -0.2) is 44.9 Å². The Morgan fingerprint density at radius 1 is 1.37 bits per heavy atom. The van der Waals surface area contributed by atoms with Crippen molar-refractivity contribution in [1.29, 1.82) is 0 Å². The number of hydrogen-bond donors (Lipinski definition) is 1. The smallest absolute Gasteiger partial charge is 0.161 e. The summed E-state index contributed by atoms with van der Waals surface area (Å²) in [6.45, 7) is 0.0700. The van der Waals surface area contributed by atoms with Crippen molar-refractivity contribution in [3.05, 3.63) is 24.3 Å². The predicted molar refractivity (Wildman–Crippen MR) is 71.3 cm³/mol. The maximum atomic E-state index is 11.3. The second-order valence-corrected chi connectivity index (χ2v) is 6.92. The van der Waals surface area contributed by atoms with E-state index in [0.717, 1.165) is 0 Å². The number of para-hydroxylation sites is 2. The van der Waals surface area contributed by atoms with E-state index in [4.69, 9.17) is 9.47 Å². The molecule has 0 amide bonds. The van der Waals surface area contributed by atoms with Crippen LogP contribution in [0.4, 0.5) is 0 Å². The van der Waals surface area contributed by atoms with Crippen LogP contribution in [0.2, 0.25) is 0 Å². The summed E-state index contributed by atoms with van der Waals surface area (Å²) in [6.07, 6.45) is -0.277.